The van der Waals surface area contributed by atoms with E-state index in [1.54, 1.807) is 12.1 Å². The van der Waals surface area contributed by atoms with Crippen molar-refractivity contribution < 1.29 is 19.8 Å². The van der Waals surface area contributed by atoms with Gasteiger partial charge in [-0.2, -0.15) is 0 Å². The van der Waals surface area contributed by atoms with Gasteiger partial charge < -0.3 is 15.5 Å². The molecule has 3 N–H and O–H groups in total. The first-order chi connectivity index (χ1) is 8.49. The lowest BCUT2D eigenvalue weighted by Crippen LogP contribution is -2.31. The average Bonchev–Trinajstić information content (AvgIpc) is 2.71. The number of benzene rings is 1. The molecule has 94 valence electrons. The van der Waals surface area contributed by atoms with Gasteiger partial charge in [0.15, 0.2) is 0 Å². The van der Waals surface area contributed by atoms with Crippen molar-refractivity contribution in [1.82, 2.24) is 5.32 Å². The Balaban J connectivity index is 2.17. The third-order valence-corrected chi connectivity index (χ3v) is 2.76. The quantitative estimate of drug-likeness (QED) is 0.694. The Morgan fingerprint density at radius 2 is 2.00 bits per heavy atom. The zero-order valence-electron chi connectivity index (χ0n) is 9.46. The maximum atomic E-state index is 11.7. The summed E-state index contributed by atoms with van der Waals surface area (Å²) in [6.07, 6.45) is 0. The van der Waals surface area contributed by atoms with Crippen LogP contribution in [0.25, 0.3) is 0 Å². The van der Waals surface area contributed by atoms with E-state index in [4.69, 9.17) is 10.2 Å². The molecule has 1 heterocycles. The molecule has 1 fully saturated rings. The summed E-state index contributed by atoms with van der Waals surface area (Å²) in [5.41, 5.74) is 0.538. The highest BCUT2D eigenvalue weighted by atomic mass is 16.4. The van der Waals surface area contributed by atoms with Gasteiger partial charge in [-0.15, -0.1) is 0 Å². The minimum Gasteiger partial charge on any atom is -0.508 e. The first kappa shape index (κ1) is 12.0. The number of carbonyl (C=O) groups excluding carboxylic acids is 1. The summed E-state index contributed by atoms with van der Waals surface area (Å²) in [6, 6.07) is 5.10. The minimum atomic E-state index is -1.13. The number of phenols is 1. The smallest absolute Gasteiger partial charge is 0.333 e. The molecule has 0 radical (unpaired) electrons. The molecule has 18 heavy (non-hydrogen) atoms. The van der Waals surface area contributed by atoms with Gasteiger partial charge in [0.05, 0.1) is 18.2 Å². The van der Waals surface area contributed by atoms with E-state index >= 15 is 0 Å². The number of amides is 2. The fourth-order valence-electron chi connectivity index (χ4n) is 1.74. The molecule has 0 aromatic heterocycles. The Morgan fingerprint density at radius 3 is 2.56 bits per heavy atom. The van der Waals surface area contributed by atoms with Gasteiger partial charge >= 0.3 is 12.0 Å². The number of nitrogens with zero attached hydrogens (tertiary/aromatic N) is 1. The Hall–Kier alpha value is -2.50. The molecule has 1 aromatic rings. The second-order valence-electron chi connectivity index (χ2n) is 3.96. The van der Waals surface area contributed by atoms with Crippen molar-refractivity contribution in [2.45, 2.75) is 6.04 Å². The number of aliphatic carboxylic acids is 1. The van der Waals surface area contributed by atoms with E-state index in [0.717, 1.165) is 0 Å². The molecule has 2 amide bonds. The van der Waals surface area contributed by atoms with E-state index in [-0.39, 0.29) is 23.9 Å². The molecule has 1 aromatic carbocycles. The van der Waals surface area contributed by atoms with E-state index in [9.17, 15) is 9.59 Å². The fraction of sp³-hybridized carbons (Fsp3) is 0.167. The SMILES string of the molecule is C=C(C(=O)O)C1CN(c2ccc(O)cc2)C(=O)N1. The number of hydrogen-bond acceptors (Lipinski definition) is 3. The number of carbonyl (C=O) groups is 2. The average molecular weight is 248 g/mol. The second kappa shape index (κ2) is 4.40. The van der Waals surface area contributed by atoms with Crippen LogP contribution in [-0.4, -0.2) is 34.8 Å². The molecule has 0 saturated carbocycles. The predicted octanol–water partition coefficient (Wildman–Crippen LogP) is 0.931. The normalized spacial score (nSPS) is 18.6. The summed E-state index contributed by atoms with van der Waals surface area (Å²) in [7, 11) is 0. The number of hydrogen-bond donors (Lipinski definition) is 3. The number of rotatable bonds is 3. The highest BCUT2D eigenvalue weighted by molar-refractivity contribution is 5.98. The Labute approximate surface area is 103 Å². The molecule has 1 saturated heterocycles. The second-order valence-corrected chi connectivity index (χ2v) is 3.96. The van der Waals surface area contributed by atoms with E-state index in [0.29, 0.717) is 5.69 Å². The van der Waals surface area contributed by atoms with Gasteiger partial charge in [-0.1, -0.05) is 6.58 Å². The van der Waals surface area contributed by atoms with E-state index in [2.05, 4.69) is 11.9 Å². The van der Waals surface area contributed by atoms with Gasteiger partial charge in [0.1, 0.15) is 5.75 Å². The van der Waals surface area contributed by atoms with Gasteiger partial charge in [0.25, 0.3) is 0 Å². The Bertz CT molecular complexity index is 509. The van der Waals surface area contributed by atoms with Crippen molar-refractivity contribution in [2.75, 3.05) is 11.4 Å². The van der Waals surface area contributed by atoms with Crippen LogP contribution in [0, 0.1) is 0 Å². The predicted molar refractivity (Wildman–Crippen MR) is 64.5 cm³/mol. The fourth-order valence-corrected chi connectivity index (χ4v) is 1.74. The summed E-state index contributed by atoms with van der Waals surface area (Å²) in [4.78, 5) is 23.9. The number of phenolic OH excluding ortho intramolecular Hbond substituents is 1. The highest BCUT2D eigenvalue weighted by Crippen LogP contribution is 2.22. The van der Waals surface area contributed by atoms with Crippen molar-refractivity contribution >= 4 is 17.7 Å². The third kappa shape index (κ3) is 2.13. The first-order valence-corrected chi connectivity index (χ1v) is 5.28. The maximum Gasteiger partial charge on any atom is 0.333 e. The van der Waals surface area contributed by atoms with Crippen molar-refractivity contribution in [3.63, 3.8) is 0 Å². The van der Waals surface area contributed by atoms with E-state index in [1.165, 1.54) is 17.0 Å². The monoisotopic (exact) mass is 248 g/mol. The lowest BCUT2D eigenvalue weighted by Gasteiger charge is -2.14. The molecule has 1 unspecified atom stereocenters. The lowest BCUT2D eigenvalue weighted by atomic mass is 10.1. The molecular weight excluding hydrogens is 236 g/mol. The van der Waals surface area contributed by atoms with Crippen molar-refractivity contribution in [3.8, 4) is 5.75 Å². The molecule has 0 spiro atoms. The van der Waals surface area contributed by atoms with Crippen molar-refractivity contribution in [2.24, 2.45) is 0 Å². The number of carboxylic acid groups (broad SMARTS) is 1. The molecule has 1 aliphatic heterocycles. The zero-order chi connectivity index (χ0) is 13.3. The van der Waals surface area contributed by atoms with Crippen LogP contribution < -0.4 is 10.2 Å². The van der Waals surface area contributed by atoms with E-state index in [1.807, 2.05) is 0 Å². The number of nitrogens with one attached hydrogen (secondary N) is 1. The van der Waals surface area contributed by atoms with E-state index < -0.39 is 12.0 Å². The molecule has 2 rings (SSSR count). The highest BCUT2D eigenvalue weighted by Gasteiger charge is 2.33. The van der Waals surface area contributed by atoms with Crippen molar-refractivity contribution in [3.05, 3.63) is 36.4 Å². The Morgan fingerprint density at radius 1 is 1.39 bits per heavy atom. The molecule has 6 heteroatoms. The van der Waals surface area contributed by atoms with Crippen LogP contribution in [0.1, 0.15) is 0 Å². The number of anilines is 1. The van der Waals surface area contributed by atoms with Gasteiger partial charge in [0, 0.05) is 5.69 Å². The van der Waals surface area contributed by atoms with Crippen LogP contribution >= 0.6 is 0 Å². The third-order valence-electron chi connectivity index (χ3n) is 2.76. The van der Waals surface area contributed by atoms with Gasteiger partial charge in [-0.25, -0.2) is 9.59 Å². The molecule has 1 atom stereocenters. The molecule has 6 nitrogen and oxygen atoms in total. The molecule has 0 aliphatic carbocycles. The van der Waals surface area contributed by atoms with Crippen LogP contribution in [0.4, 0.5) is 10.5 Å². The number of carboxylic acids is 1. The van der Waals surface area contributed by atoms with Crippen molar-refractivity contribution in [1.29, 1.82) is 0 Å². The molecule has 0 bridgehead atoms. The summed E-state index contributed by atoms with van der Waals surface area (Å²) in [6.45, 7) is 3.64. The zero-order valence-corrected chi connectivity index (χ0v) is 9.46. The van der Waals surface area contributed by atoms with Crippen LogP contribution in [0.15, 0.2) is 36.4 Å². The number of aromatic hydroxyl groups is 1. The van der Waals surface area contributed by atoms with Crippen LogP contribution in [0.3, 0.4) is 0 Å². The summed E-state index contributed by atoms with van der Waals surface area (Å²) < 4.78 is 0. The lowest BCUT2D eigenvalue weighted by molar-refractivity contribution is -0.132. The van der Waals surface area contributed by atoms with Crippen LogP contribution in [0.2, 0.25) is 0 Å². The van der Waals surface area contributed by atoms with Gasteiger partial charge in [-0.3, -0.25) is 4.90 Å². The van der Waals surface area contributed by atoms with Crippen LogP contribution in [-0.2, 0) is 4.79 Å². The molecular formula is C12H12N2O4. The summed E-state index contributed by atoms with van der Waals surface area (Å²) >= 11 is 0. The van der Waals surface area contributed by atoms with Gasteiger partial charge in [-0.05, 0) is 24.3 Å². The first-order valence-electron chi connectivity index (χ1n) is 5.28. The maximum absolute atomic E-state index is 11.7. The summed E-state index contributed by atoms with van der Waals surface area (Å²) in [5.74, 6) is -1.03. The minimum absolute atomic E-state index is 0.0513. The summed E-state index contributed by atoms with van der Waals surface area (Å²) in [5, 5.41) is 20.5. The standard InChI is InChI=1S/C12H12N2O4/c1-7(11(16)17)10-6-14(12(18)13-10)8-2-4-9(15)5-3-8/h2-5,10,15H,1,6H2,(H,13,18)(H,16,17). The van der Waals surface area contributed by atoms with Crippen LogP contribution in [0.5, 0.6) is 5.75 Å². The largest absolute Gasteiger partial charge is 0.508 e. The Kier molecular flexibility index (Phi) is 2.93. The topological polar surface area (TPSA) is 89.9 Å². The van der Waals surface area contributed by atoms with Gasteiger partial charge in [0.2, 0.25) is 0 Å². The molecule has 1 aliphatic rings. The number of urea groups is 1.